The molecule has 0 spiro atoms. The number of thiophene rings is 1. The summed E-state index contributed by atoms with van der Waals surface area (Å²) in [7, 11) is 0. The standard InChI is InChI=1S/C28H18ClNO3S/c1-17(31)18-10-13-20(14-11-18)30-16-23-21-7-3-2-6-19(21)12-15-24(23)33-28(32)27-26(29)22-8-4-5-9-25(22)34-27/h2-16H,1H3. The third-order valence-corrected chi connectivity index (χ3v) is 7.13. The number of ketones is 1. The Balaban J connectivity index is 1.53. The minimum absolute atomic E-state index is 0.00122. The lowest BCUT2D eigenvalue weighted by Crippen LogP contribution is -2.09. The van der Waals surface area contributed by atoms with Crippen LogP contribution in [0.5, 0.6) is 5.75 Å². The van der Waals surface area contributed by atoms with Gasteiger partial charge in [0.25, 0.3) is 0 Å². The Kier molecular flexibility index (Phi) is 5.97. The van der Waals surface area contributed by atoms with Gasteiger partial charge >= 0.3 is 5.97 Å². The maximum absolute atomic E-state index is 13.1. The minimum Gasteiger partial charge on any atom is -0.422 e. The number of rotatable bonds is 5. The van der Waals surface area contributed by atoms with Crippen molar-refractivity contribution in [2.24, 2.45) is 4.99 Å². The van der Waals surface area contributed by atoms with Crippen LogP contribution in [0.15, 0.2) is 89.9 Å². The van der Waals surface area contributed by atoms with Crippen molar-refractivity contribution in [1.82, 2.24) is 0 Å². The number of esters is 1. The summed E-state index contributed by atoms with van der Waals surface area (Å²) in [4.78, 5) is 29.6. The van der Waals surface area contributed by atoms with E-state index in [4.69, 9.17) is 16.3 Å². The first-order valence-corrected chi connectivity index (χ1v) is 11.8. The van der Waals surface area contributed by atoms with Crippen LogP contribution in [0.4, 0.5) is 5.69 Å². The fourth-order valence-corrected chi connectivity index (χ4v) is 5.10. The Hall–Kier alpha value is -3.80. The van der Waals surface area contributed by atoms with Crippen LogP contribution in [-0.4, -0.2) is 18.0 Å². The van der Waals surface area contributed by atoms with Crippen molar-refractivity contribution < 1.29 is 14.3 Å². The molecule has 0 N–H and O–H groups in total. The summed E-state index contributed by atoms with van der Waals surface area (Å²) < 4.78 is 6.76. The quantitative estimate of drug-likeness (QED) is 0.110. The van der Waals surface area contributed by atoms with Gasteiger partial charge in [-0.2, -0.15) is 0 Å². The zero-order chi connectivity index (χ0) is 23.7. The van der Waals surface area contributed by atoms with Crippen LogP contribution >= 0.6 is 22.9 Å². The molecule has 166 valence electrons. The fourth-order valence-electron chi connectivity index (χ4n) is 3.71. The molecule has 0 bridgehead atoms. The first kappa shape index (κ1) is 22.0. The highest BCUT2D eigenvalue weighted by molar-refractivity contribution is 7.21. The number of Topliss-reactive ketones (excluding diaryl/α,β-unsaturated/α-hetero) is 1. The minimum atomic E-state index is -0.512. The number of benzene rings is 4. The largest absolute Gasteiger partial charge is 0.422 e. The Bertz CT molecular complexity index is 1590. The zero-order valence-electron chi connectivity index (χ0n) is 18.1. The Morgan fingerprint density at radius 3 is 2.32 bits per heavy atom. The maximum atomic E-state index is 13.1. The van der Waals surface area contributed by atoms with E-state index in [0.717, 1.165) is 20.9 Å². The molecule has 4 aromatic carbocycles. The molecule has 0 fully saturated rings. The summed E-state index contributed by atoms with van der Waals surface area (Å²) in [5.41, 5.74) is 1.99. The summed E-state index contributed by atoms with van der Waals surface area (Å²) in [6.45, 7) is 1.53. The van der Waals surface area contributed by atoms with Crippen LogP contribution in [-0.2, 0) is 0 Å². The molecular formula is C28H18ClNO3S. The Labute approximate surface area is 205 Å². The molecular weight excluding hydrogens is 466 g/mol. The van der Waals surface area contributed by atoms with Crippen molar-refractivity contribution in [1.29, 1.82) is 0 Å². The first-order chi connectivity index (χ1) is 16.5. The molecule has 0 saturated heterocycles. The van der Waals surface area contributed by atoms with Gasteiger partial charge in [-0.05, 0) is 54.1 Å². The van der Waals surface area contributed by atoms with Gasteiger partial charge in [0.05, 0.1) is 10.7 Å². The monoisotopic (exact) mass is 483 g/mol. The van der Waals surface area contributed by atoms with Crippen molar-refractivity contribution in [3.63, 3.8) is 0 Å². The molecule has 4 nitrogen and oxygen atoms in total. The number of aliphatic imine (C=N–C) groups is 1. The van der Waals surface area contributed by atoms with Gasteiger partial charge in [-0.1, -0.05) is 60.1 Å². The van der Waals surface area contributed by atoms with Crippen molar-refractivity contribution >= 4 is 67.5 Å². The SMILES string of the molecule is CC(=O)c1ccc(N=Cc2c(OC(=O)c3sc4ccccc4c3Cl)ccc3ccccc23)cc1. The molecule has 0 amide bonds. The van der Waals surface area contributed by atoms with Crippen LogP contribution in [0.3, 0.4) is 0 Å². The summed E-state index contributed by atoms with van der Waals surface area (Å²) in [5.74, 6) is -0.123. The predicted molar refractivity (Wildman–Crippen MR) is 139 cm³/mol. The molecule has 5 rings (SSSR count). The molecule has 0 atom stereocenters. The zero-order valence-corrected chi connectivity index (χ0v) is 19.7. The summed E-state index contributed by atoms with van der Waals surface area (Å²) in [6.07, 6.45) is 1.68. The maximum Gasteiger partial charge on any atom is 0.355 e. The van der Waals surface area contributed by atoms with E-state index in [0.29, 0.717) is 32.5 Å². The third-order valence-electron chi connectivity index (χ3n) is 5.47. The number of fused-ring (bicyclic) bond motifs is 2. The van der Waals surface area contributed by atoms with Gasteiger partial charge in [-0.15, -0.1) is 11.3 Å². The van der Waals surface area contributed by atoms with E-state index in [2.05, 4.69) is 4.99 Å². The second-order valence-electron chi connectivity index (χ2n) is 7.69. The van der Waals surface area contributed by atoms with E-state index in [1.54, 1.807) is 36.5 Å². The van der Waals surface area contributed by atoms with Crippen molar-refractivity contribution in [2.45, 2.75) is 6.92 Å². The average Bonchev–Trinajstić information content (AvgIpc) is 3.20. The van der Waals surface area contributed by atoms with E-state index in [1.165, 1.54) is 18.3 Å². The van der Waals surface area contributed by atoms with E-state index in [9.17, 15) is 9.59 Å². The van der Waals surface area contributed by atoms with Gasteiger partial charge in [-0.3, -0.25) is 9.79 Å². The Morgan fingerprint density at radius 2 is 1.59 bits per heavy atom. The highest BCUT2D eigenvalue weighted by Gasteiger charge is 2.20. The van der Waals surface area contributed by atoms with Crippen LogP contribution in [0, 0.1) is 0 Å². The van der Waals surface area contributed by atoms with E-state index in [1.807, 2.05) is 54.6 Å². The molecule has 6 heteroatoms. The van der Waals surface area contributed by atoms with Crippen LogP contribution in [0.25, 0.3) is 20.9 Å². The van der Waals surface area contributed by atoms with Crippen LogP contribution in [0.1, 0.15) is 32.5 Å². The molecule has 0 saturated carbocycles. The third kappa shape index (κ3) is 4.23. The second kappa shape index (κ2) is 9.21. The second-order valence-corrected chi connectivity index (χ2v) is 9.12. The first-order valence-electron chi connectivity index (χ1n) is 10.6. The molecule has 0 aliphatic rings. The molecule has 5 aromatic rings. The van der Waals surface area contributed by atoms with Crippen molar-refractivity contribution in [2.75, 3.05) is 0 Å². The summed E-state index contributed by atoms with van der Waals surface area (Å²) >= 11 is 7.80. The van der Waals surface area contributed by atoms with Gasteiger partial charge in [0.1, 0.15) is 10.6 Å². The highest BCUT2D eigenvalue weighted by atomic mass is 35.5. The molecule has 1 aromatic heterocycles. The normalized spacial score (nSPS) is 11.4. The number of hydrogen-bond acceptors (Lipinski definition) is 5. The van der Waals surface area contributed by atoms with E-state index in [-0.39, 0.29) is 5.78 Å². The number of carbonyl (C=O) groups is 2. The summed E-state index contributed by atoms with van der Waals surface area (Å²) in [5, 5.41) is 3.12. The number of hydrogen-bond donors (Lipinski definition) is 0. The Morgan fingerprint density at radius 1 is 0.882 bits per heavy atom. The number of nitrogens with zero attached hydrogens (tertiary/aromatic N) is 1. The fraction of sp³-hybridized carbons (Fsp3) is 0.0357. The van der Waals surface area contributed by atoms with E-state index >= 15 is 0 Å². The molecule has 1 heterocycles. The van der Waals surface area contributed by atoms with Gasteiger partial charge in [0.15, 0.2) is 5.78 Å². The topological polar surface area (TPSA) is 55.7 Å². The van der Waals surface area contributed by atoms with Crippen LogP contribution < -0.4 is 4.74 Å². The van der Waals surface area contributed by atoms with Gasteiger partial charge in [-0.25, -0.2) is 4.79 Å². The molecule has 0 radical (unpaired) electrons. The van der Waals surface area contributed by atoms with Gasteiger partial charge in [0.2, 0.25) is 0 Å². The van der Waals surface area contributed by atoms with Crippen molar-refractivity contribution in [3.05, 3.63) is 106 Å². The van der Waals surface area contributed by atoms with Gasteiger partial charge < -0.3 is 4.74 Å². The average molecular weight is 484 g/mol. The van der Waals surface area contributed by atoms with Crippen molar-refractivity contribution in [3.8, 4) is 5.75 Å². The lowest BCUT2D eigenvalue weighted by molar-refractivity contribution is 0.0740. The lowest BCUT2D eigenvalue weighted by Gasteiger charge is -2.10. The molecule has 0 aliphatic heterocycles. The smallest absolute Gasteiger partial charge is 0.355 e. The molecule has 34 heavy (non-hydrogen) atoms. The molecule has 0 unspecified atom stereocenters. The van der Waals surface area contributed by atoms with Gasteiger partial charge in [0, 0.05) is 27.4 Å². The number of carbonyl (C=O) groups excluding carboxylic acids is 2. The predicted octanol–water partition coefficient (Wildman–Crippen LogP) is 7.88. The lowest BCUT2D eigenvalue weighted by atomic mass is 10.0. The highest BCUT2D eigenvalue weighted by Crippen LogP contribution is 2.36. The number of ether oxygens (including phenoxy) is 1. The summed E-state index contributed by atoms with van der Waals surface area (Å²) in [6, 6.07) is 26.1. The van der Waals surface area contributed by atoms with E-state index < -0.39 is 5.97 Å². The van der Waals surface area contributed by atoms with Crippen LogP contribution in [0.2, 0.25) is 5.02 Å². The molecule has 0 aliphatic carbocycles. The number of halogens is 1.